The Hall–Kier alpha value is -3.82. The third-order valence-corrected chi connectivity index (χ3v) is 8.56. The zero-order chi connectivity index (χ0) is 29.7. The number of nitrogens with zero attached hydrogens (tertiary/aromatic N) is 3. The summed E-state index contributed by atoms with van der Waals surface area (Å²) in [7, 11) is 3.47. The van der Waals surface area contributed by atoms with Gasteiger partial charge < -0.3 is 24.8 Å². The van der Waals surface area contributed by atoms with Crippen LogP contribution in [0.25, 0.3) is 0 Å². The lowest BCUT2D eigenvalue weighted by molar-refractivity contribution is -0.114. The van der Waals surface area contributed by atoms with Gasteiger partial charge in [0, 0.05) is 45.8 Å². The molecule has 0 spiro atoms. The molecule has 2 heterocycles. The number of rotatable bonds is 7. The quantitative estimate of drug-likeness (QED) is 0.431. The first-order valence-corrected chi connectivity index (χ1v) is 14.4. The Labute approximate surface area is 246 Å². The van der Waals surface area contributed by atoms with E-state index < -0.39 is 22.8 Å². The fourth-order valence-corrected chi connectivity index (χ4v) is 6.03. The van der Waals surface area contributed by atoms with Gasteiger partial charge in [-0.1, -0.05) is 54.6 Å². The van der Waals surface area contributed by atoms with Crippen LogP contribution in [-0.4, -0.2) is 80.1 Å². The maximum absolute atomic E-state index is 14.5. The fraction of sp³-hybridized carbons (Fsp3) is 0.394. The van der Waals surface area contributed by atoms with Gasteiger partial charge in [0.25, 0.3) is 5.91 Å². The number of likely N-dealkylation sites (tertiary alicyclic amines) is 1. The van der Waals surface area contributed by atoms with Crippen molar-refractivity contribution in [1.29, 1.82) is 0 Å². The normalized spacial score (nSPS) is 20.6. The number of hydrogen-bond acceptors (Lipinski definition) is 4. The first-order valence-electron chi connectivity index (χ1n) is 14.4. The minimum absolute atomic E-state index is 0.117. The molecule has 3 aromatic carbocycles. The zero-order valence-electron chi connectivity index (χ0n) is 24.2. The Morgan fingerprint density at radius 1 is 0.881 bits per heavy atom. The SMILES string of the molecule is CN(C)C(=O)NC1(c2ccccc2)CCN(CCC2(c3ccc(F)c(F)c3)CN(C(=O)c3ccccc3)CCO2)CC1. The van der Waals surface area contributed by atoms with Gasteiger partial charge in [0.15, 0.2) is 11.6 Å². The molecule has 9 heteroatoms. The van der Waals surface area contributed by atoms with Crippen LogP contribution in [0.5, 0.6) is 0 Å². The van der Waals surface area contributed by atoms with Gasteiger partial charge in [-0.2, -0.15) is 0 Å². The van der Waals surface area contributed by atoms with Gasteiger partial charge >= 0.3 is 6.03 Å². The van der Waals surface area contributed by atoms with E-state index in [1.54, 1.807) is 42.1 Å². The number of urea groups is 1. The number of carbonyl (C=O) groups excluding carboxylic acids is 2. The lowest BCUT2D eigenvalue weighted by atomic mass is 9.80. The number of halogens is 2. The number of amides is 3. The van der Waals surface area contributed by atoms with E-state index in [1.165, 1.54) is 6.07 Å². The number of carbonyl (C=O) groups is 2. The minimum Gasteiger partial charge on any atom is -0.367 e. The number of benzene rings is 3. The van der Waals surface area contributed by atoms with Gasteiger partial charge in [0.2, 0.25) is 0 Å². The van der Waals surface area contributed by atoms with E-state index in [0.717, 1.165) is 24.7 Å². The van der Waals surface area contributed by atoms with Crippen LogP contribution in [0, 0.1) is 11.6 Å². The van der Waals surface area contributed by atoms with Gasteiger partial charge in [-0.15, -0.1) is 0 Å². The molecule has 0 bridgehead atoms. The molecular formula is C33H38F2N4O3. The molecule has 2 fully saturated rings. The molecule has 0 aliphatic carbocycles. The second-order valence-corrected chi connectivity index (χ2v) is 11.4. The molecule has 5 rings (SSSR count). The number of hydrogen-bond donors (Lipinski definition) is 1. The summed E-state index contributed by atoms with van der Waals surface area (Å²) in [6.07, 6.45) is 1.92. The molecule has 42 heavy (non-hydrogen) atoms. The van der Waals surface area contributed by atoms with Crippen molar-refractivity contribution in [2.24, 2.45) is 0 Å². The number of ether oxygens (including phenoxy) is 1. The molecule has 0 radical (unpaired) electrons. The molecule has 3 amide bonds. The molecule has 222 valence electrons. The molecule has 2 saturated heterocycles. The maximum atomic E-state index is 14.5. The van der Waals surface area contributed by atoms with Crippen molar-refractivity contribution in [1.82, 2.24) is 20.0 Å². The van der Waals surface area contributed by atoms with Crippen LogP contribution in [-0.2, 0) is 15.9 Å². The highest BCUT2D eigenvalue weighted by Crippen LogP contribution is 2.37. The van der Waals surface area contributed by atoms with Crippen molar-refractivity contribution in [2.45, 2.75) is 30.4 Å². The minimum atomic E-state index is -0.996. The van der Waals surface area contributed by atoms with Crippen LogP contribution in [0.15, 0.2) is 78.9 Å². The summed E-state index contributed by atoms with van der Waals surface area (Å²) in [4.78, 5) is 31.7. The van der Waals surface area contributed by atoms with E-state index >= 15 is 0 Å². The van der Waals surface area contributed by atoms with Crippen LogP contribution >= 0.6 is 0 Å². The Balaban J connectivity index is 1.34. The summed E-state index contributed by atoms with van der Waals surface area (Å²) in [6.45, 7) is 3.00. The lowest BCUT2D eigenvalue weighted by Gasteiger charge is -2.46. The Morgan fingerprint density at radius 2 is 1.55 bits per heavy atom. The predicted octanol–water partition coefficient (Wildman–Crippen LogP) is 4.99. The number of nitrogens with one attached hydrogen (secondary N) is 1. The summed E-state index contributed by atoms with van der Waals surface area (Å²) < 4.78 is 34.8. The third-order valence-electron chi connectivity index (χ3n) is 8.56. The van der Waals surface area contributed by atoms with Gasteiger partial charge in [-0.05, 0) is 54.7 Å². The number of piperidine rings is 1. The summed E-state index contributed by atoms with van der Waals surface area (Å²) in [5.41, 5.74) is 0.679. The Morgan fingerprint density at radius 3 is 2.19 bits per heavy atom. The molecule has 1 atom stereocenters. The van der Waals surface area contributed by atoms with Crippen LogP contribution in [0.4, 0.5) is 13.6 Å². The van der Waals surface area contributed by atoms with Crippen LogP contribution in [0.2, 0.25) is 0 Å². The smallest absolute Gasteiger partial charge is 0.317 e. The largest absolute Gasteiger partial charge is 0.367 e. The summed E-state index contributed by atoms with van der Waals surface area (Å²) in [6, 6.07) is 22.8. The van der Waals surface area contributed by atoms with Crippen LogP contribution in [0.1, 0.15) is 40.7 Å². The Bertz CT molecular complexity index is 1380. The average molecular weight is 577 g/mol. The standard InChI is InChI=1S/C33H38F2N4O3/c1-37(2)31(41)36-32(26-11-7-4-8-12-26)15-18-38(19-16-32)20-17-33(27-13-14-28(34)29(35)23-27)24-39(21-22-42-33)30(40)25-9-5-3-6-10-25/h3-14,23H,15-22,24H2,1-2H3,(H,36,41). The summed E-state index contributed by atoms with van der Waals surface area (Å²) >= 11 is 0. The molecule has 7 nitrogen and oxygen atoms in total. The van der Waals surface area contributed by atoms with Crippen LogP contribution < -0.4 is 5.32 Å². The third kappa shape index (κ3) is 6.32. The molecule has 1 unspecified atom stereocenters. The summed E-state index contributed by atoms with van der Waals surface area (Å²) in [5, 5.41) is 3.27. The van der Waals surface area contributed by atoms with Gasteiger partial charge in [0.05, 0.1) is 18.7 Å². The fourth-order valence-electron chi connectivity index (χ4n) is 6.03. The molecule has 3 aromatic rings. The van der Waals surface area contributed by atoms with E-state index in [2.05, 4.69) is 22.3 Å². The van der Waals surface area contributed by atoms with Crippen molar-refractivity contribution in [3.8, 4) is 0 Å². The molecule has 0 saturated carbocycles. The van der Waals surface area contributed by atoms with Crippen molar-refractivity contribution in [2.75, 3.05) is 53.4 Å². The lowest BCUT2D eigenvalue weighted by Crippen LogP contribution is -2.56. The maximum Gasteiger partial charge on any atom is 0.317 e. The van der Waals surface area contributed by atoms with E-state index in [0.29, 0.717) is 43.5 Å². The van der Waals surface area contributed by atoms with E-state index in [-0.39, 0.29) is 25.1 Å². The average Bonchev–Trinajstić information content (AvgIpc) is 3.02. The highest BCUT2D eigenvalue weighted by molar-refractivity contribution is 5.94. The molecule has 0 aromatic heterocycles. The van der Waals surface area contributed by atoms with Crippen molar-refractivity contribution < 1.29 is 23.1 Å². The van der Waals surface area contributed by atoms with E-state index in [9.17, 15) is 18.4 Å². The molecular weight excluding hydrogens is 538 g/mol. The molecule has 1 N–H and O–H groups in total. The van der Waals surface area contributed by atoms with Crippen LogP contribution in [0.3, 0.4) is 0 Å². The second kappa shape index (κ2) is 12.6. The Kier molecular flexibility index (Phi) is 8.89. The summed E-state index contributed by atoms with van der Waals surface area (Å²) in [5.74, 6) is -1.98. The van der Waals surface area contributed by atoms with E-state index in [4.69, 9.17) is 4.74 Å². The van der Waals surface area contributed by atoms with Crippen molar-refractivity contribution >= 4 is 11.9 Å². The van der Waals surface area contributed by atoms with Gasteiger partial charge in [-0.3, -0.25) is 4.79 Å². The first kappa shape index (κ1) is 29.7. The predicted molar refractivity (Wildman–Crippen MR) is 157 cm³/mol. The van der Waals surface area contributed by atoms with Gasteiger partial charge in [-0.25, -0.2) is 13.6 Å². The van der Waals surface area contributed by atoms with Gasteiger partial charge in [0.1, 0.15) is 5.60 Å². The highest BCUT2D eigenvalue weighted by Gasteiger charge is 2.42. The monoisotopic (exact) mass is 576 g/mol. The molecule has 2 aliphatic rings. The highest BCUT2D eigenvalue weighted by atomic mass is 19.2. The number of morpholine rings is 1. The second-order valence-electron chi connectivity index (χ2n) is 11.4. The van der Waals surface area contributed by atoms with E-state index in [1.807, 2.05) is 36.4 Å². The van der Waals surface area contributed by atoms with Crippen molar-refractivity contribution in [3.05, 3.63) is 107 Å². The van der Waals surface area contributed by atoms with Crippen molar-refractivity contribution in [3.63, 3.8) is 0 Å². The zero-order valence-corrected chi connectivity index (χ0v) is 24.2. The first-order chi connectivity index (χ1) is 20.2. The topological polar surface area (TPSA) is 65.1 Å². The molecule has 2 aliphatic heterocycles.